The smallest absolute Gasteiger partial charge is 0.251 e. The summed E-state index contributed by atoms with van der Waals surface area (Å²) >= 11 is 0. The van der Waals surface area contributed by atoms with Crippen molar-refractivity contribution in [2.24, 2.45) is 5.41 Å². The first-order valence-corrected chi connectivity index (χ1v) is 5.03. The molecule has 1 N–H and O–H groups in total. The van der Waals surface area contributed by atoms with E-state index in [1.165, 1.54) is 12.8 Å². The van der Waals surface area contributed by atoms with Crippen LogP contribution in [0.2, 0.25) is 0 Å². The summed E-state index contributed by atoms with van der Waals surface area (Å²) in [6.07, 6.45) is 2.48. The number of carbonyl (C=O) groups excluding carboxylic acids is 1. The summed E-state index contributed by atoms with van der Waals surface area (Å²) in [5.41, 5.74) is 1.13. The molecule has 2 heteroatoms. The zero-order valence-corrected chi connectivity index (χ0v) is 8.42. The highest BCUT2D eigenvalue weighted by Crippen LogP contribution is 2.44. The van der Waals surface area contributed by atoms with Crippen molar-refractivity contribution in [2.45, 2.75) is 19.8 Å². The molecule has 0 heterocycles. The maximum atomic E-state index is 11.6. The van der Waals surface area contributed by atoms with Gasteiger partial charge >= 0.3 is 0 Å². The molecule has 74 valence electrons. The molecule has 0 aliphatic heterocycles. The van der Waals surface area contributed by atoms with Gasteiger partial charge in [0.05, 0.1) is 0 Å². The van der Waals surface area contributed by atoms with Gasteiger partial charge in [-0.1, -0.05) is 25.1 Å². The highest BCUT2D eigenvalue weighted by molar-refractivity contribution is 5.94. The molecule has 14 heavy (non-hydrogen) atoms. The Morgan fingerprint density at radius 3 is 2.57 bits per heavy atom. The minimum Gasteiger partial charge on any atom is -0.351 e. The summed E-state index contributed by atoms with van der Waals surface area (Å²) in [7, 11) is 0. The Balaban J connectivity index is 1.90. The number of amides is 1. The van der Waals surface area contributed by atoms with E-state index in [0.717, 1.165) is 12.1 Å². The zero-order chi connectivity index (χ0) is 10.0. The first-order valence-electron chi connectivity index (χ1n) is 5.03. The number of hydrogen-bond acceptors (Lipinski definition) is 1. The quantitative estimate of drug-likeness (QED) is 0.776. The van der Waals surface area contributed by atoms with Gasteiger partial charge in [-0.15, -0.1) is 0 Å². The van der Waals surface area contributed by atoms with Gasteiger partial charge in [0.25, 0.3) is 5.91 Å². The number of carbonyl (C=O) groups is 1. The fourth-order valence-corrected chi connectivity index (χ4v) is 1.38. The lowest BCUT2D eigenvalue weighted by Gasteiger charge is -2.09. The average molecular weight is 189 g/mol. The normalized spacial score (nSPS) is 17.5. The highest BCUT2D eigenvalue weighted by atomic mass is 16.1. The van der Waals surface area contributed by atoms with Gasteiger partial charge in [-0.3, -0.25) is 4.79 Å². The standard InChI is InChI=1S/C12H15NO/c1-12(7-8-12)9-13-11(14)10-5-3-2-4-6-10/h2-6H,7-9H2,1H3,(H,13,14). The lowest BCUT2D eigenvalue weighted by atomic mass is 10.1. The molecule has 1 saturated carbocycles. The fourth-order valence-electron chi connectivity index (χ4n) is 1.38. The first kappa shape index (κ1) is 9.25. The number of rotatable bonds is 3. The third-order valence-corrected chi connectivity index (χ3v) is 2.82. The van der Waals surface area contributed by atoms with Crippen LogP contribution in [-0.4, -0.2) is 12.5 Å². The molecule has 1 aromatic rings. The summed E-state index contributed by atoms with van der Waals surface area (Å²) in [6.45, 7) is 3.01. The predicted molar refractivity (Wildman–Crippen MR) is 56.1 cm³/mol. The van der Waals surface area contributed by atoms with Crippen LogP contribution in [0.5, 0.6) is 0 Å². The summed E-state index contributed by atoms with van der Waals surface area (Å²) in [5.74, 6) is 0.0405. The number of benzene rings is 1. The Labute approximate surface area is 84.3 Å². The molecule has 2 nitrogen and oxygen atoms in total. The maximum Gasteiger partial charge on any atom is 0.251 e. The molecule has 0 spiro atoms. The fraction of sp³-hybridized carbons (Fsp3) is 0.417. The summed E-state index contributed by atoms with van der Waals surface area (Å²) in [4.78, 5) is 11.6. The van der Waals surface area contributed by atoms with Crippen LogP contribution in [0.15, 0.2) is 30.3 Å². The second-order valence-electron chi connectivity index (χ2n) is 4.36. The molecule has 0 radical (unpaired) electrons. The Bertz CT molecular complexity index is 327. The highest BCUT2D eigenvalue weighted by Gasteiger charge is 2.37. The molecule has 0 unspecified atom stereocenters. The van der Waals surface area contributed by atoms with Crippen molar-refractivity contribution < 1.29 is 4.79 Å². The first-order chi connectivity index (χ1) is 6.70. The maximum absolute atomic E-state index is 11.6. The molecule has 1 fully saturated rings. The third kappa shape index (κ3) is 2.13. The minimum atomic E-state index is 0.0405. The molecule has 0 bridgehead atoms. The zero-order valence-electron chi connectivity index (χ0n) is 8.42. The van der Waals surface area contributed by atoms with Crippen LogP contribution in [0, 0.1) is 5.41 Å². The van der Waals surface area contributed by atoms with Gasteiger partial charge in [0.1, 0.15) is 0 Å². The van der Waals surface area contributed by atoms with Crippen LogP contribution in [0.3, 0.4) is 0 Å². The van der Waals surface area contributed by atoms with Gasteiger partial charge in [0.15, 0.2) is 0 Å². The summed E-state index contributed by atoms with van der Waals surface area (Å²) < 4.78 is 0. The Hall–Kier alpha value is -1.31. The molecule has 1 aliphatic rings. The van der Waals surface area contributed by atoms with E-state index in [2.05, 4.69) is 12.2 Å². The third-order valence-electron chi connectivity index (χ3n) is 2.82. The van der Waals surface area contributed by atoms with Gasteiger partial charge in [0, 0.05) is 12.1 Å². The molecule has 2 rings (SSSR count). The van der Waals surface area contributed by atoms with Gasteiger partial charge in [-0.2, -0.15) is 0 Å². The van der Waals surface area contributed by atoms with Gasteiger partial charge in [-0.05, 0) is 30.4 Å². The van der Waals surface area contributed by atoms with Crippen molar-refractivity contribution in [3.8, 4) is 0 Å². The van der Waals surface area contributed by atoms with Crippen molar-refractivity contribution in [2.75, 3.05) is 6.54 Å². The van der Waals surface area contributed by atoms with Crippen LogP contribution in [0.4, 0.5) is 0 Å². The van der Waals surface area contributed by atoms with Crippen molar-refractivity contribution in [1.82, 2.24) is 5.32 Å². The van der Waals surface area contributed by atoms with E-state index >= 15 is 0 Å². The Morgan fingerprint density at radius 2 is 2.00 bits per heavy atom. The second-order valence-corrected chi connectivity index (χ2v) is 4.36. The molecular formula is C12H15NO. The average Bonchev–Trinajstić information content (AvgIpc) is 2.95. The Kier molecular flexibility index (Phi) is 2.28. The van der Waals surface area contributed by atoms with Crippen molar-refractivity contribution in [3.63, 3.8) is 0 Å². The molecule has 1 amide bonds. The van der Waals surface area contributed by atoms with E-state index in [4.69, 9.17) is 0 Å². The summed E-state index contributed by atoms with van der Waals surface area (Å²) in [5, 5.41) is 2.96. The molecule has 0 aromatic heterocycles. The predicted octanol–water partition coefficient (Wildman–Crippen LogP) is 2.22. The van der Waals surface area contributed by atoms with E-state index in [0.29, 0.717) is 5.41 Å². The second kappa shape index (κ2) is 3.45. The largest absolute Gasteiger partial charge is 0.351 e. The summed E-state index contributed by atoms with van der Waals surface area (Å²) in [6, 6.07) is 9.36. The molecule has 1 aliphatic carbocycles. The van der Waals surface area contributed by atoms with Gasteiger partial charge < -0.3 is 5.32 Å². The van der Waals surface area contributed by atoms with Crippen molar-refractivity contribution in [1.29, 1.82) is 0 Å². The molecule has 1 aromatic carbocycles. The minimum absolute atomic E-state index is 0.0405. The lowest BCUT2D eigenvalue weighted by molar-refractivity contribution is 0.0946. The van der Waals surface area contributed by atoms with Crippen LogP contribution in [0.25, 0.3) is 0 Å². The molecular weight excluding hydrogens is 174 g/mol. The van der Waals surface area contributed by atoms with E-state index in [9.17, 15) is 4.79 Å². The van der Waals surface area contributed by atoms with Crippen LogP contribution >= 0.6 is 0 Å². The van der Waals surface area contributed by atoms with Crippen molar-refractivity contribution in [3.05, 3.63) is 35.9 Å². The SMILES string of the molecule is CC1(CNC(=O)c2ccccc2)CC1. The van der Waals surface area contributed by atoms with Gasteiger partial charge in [-0.25, -0.2) is 0 Å². The molecule has 0 saturated heterocycles. The van der Waals surface area contributed by atoms with E-state index < -0.39 is 0 Å². The topological polar surface area (TPSA) is 29.1 Å². The van der Waals surface area contributed by atoms with Gasteiger partial charge in [0.2, 0.25) is 0 Å². The monoisotopic (exact) mass is 189 g/mol. The van der Waals surface area contributed by atoms with E-state index in [-0.39, 0.29) is 5.91 Å². The number of nitrogens with one attached hydrogen (secondary N) is 1. The Morgan fingerprint density at radius 1 is 1.36 bits per heavy atom. The number of hydrogen-bond donors (Lipinski definition) is 1. The van der Waals surface area contributed by atoms with Crippen LogP contribution < -0.4 is 5.32 Å². The lowest BCUT2D eigenvalue weighted by Crippen LogP contribution is -2.28. The van der Waals surface area contributed by atoms with E-state index in [1.807, 2.05) is 30.3 Å². The van der Waals surface area contributed by atoms with E-state index in [1.54, 1.807) is 0 Å². The van der Waals surface area contributed by atoms with Crippen molar-refractivity contribution >= 4 is 5.91 Å². The molecule has 0 atom stereocenters. The van der Waals surface area contributed by atoms with Crippen LogP contribution in [0.1, 0.15) is 30.1 Å². The van der Waals surface area contributed by atoms with Crippen LogP contribution in [-0.2, 0) is 0 Å².